The number of aryl methyl sites for hydroxylation is 2. The van der Waals surface area contributed by atoms with E-state index in [4.69, 9.17) is 0 Å². The predicted octanol–water partition coefficient (Wildman–Crippen LogP) is 0.0850. The van der Waals surface area contributed by atoms with Gasteiger partial charge in [-0.25, -0.2) is 9.13 Å². The van der Waals surface area contributed by atoms with E-state index in [-0.39, 0.29) is 0 Å². The number of hydrogen-bond acceptors (Lipinski definition) is 2. The van der Waals surface area contributed by atoms with Crippen molar-refractivity contribution in [3.05, 3.63) is 25.3 Å². The maximum Gasteiger partial charge on any atom is 0.265 e. The number of aromatic nitrogens is 6. The number of rotatable bonds is 2. The highest BCUT2D eigenvalue weighted by Gasteiger charge is 2.33. The van der Waals surface area contributed by atoms with Crippen LogP contribution < -0.4 is 9.13 Å². The van der Waals surface area contributed by atoms with Crippen LogP contribution in [0.4, 0.5) is 0 Å². The van der Waals surface area contributed by atoms with E-state index in [0.717, 1.165) is 0 Å². The van der Waals surface area contributed by atoms with Crippen molar-refractivity contribution in [3.63, 3.8) is 0 Å². The second-order valence-corrected chi connectivity index (χ2v) is 5.15. The van der Waals surface area contributed by atoms with Crippen molar-refractivity contribution in [2.24, 2.45) is 14.1 Å². The van der Waals surface area contributed by atoms with Crippen molar-refractivity contribution in [1.29, 1.82) is 0 Å². The molecule has 1 aliphatic carbocycles. The summed E-state index contributed by atoms with van der Waals surface area (Å²) in [6.07, 6.45) is 13.0. The lowest BCUT2D eigenvalue weighted by atomic mass is 9.90. The fourth-order valence-electron chi connectivity index (χ4n) is 2.92. The summed E-state index contributed by atoms with van der Waals surface area (Å²) in [4.78, 5) is 0. The second kappa shape index (κ2) is 4.51. The third kappa shape index (κ3) is 2.02. The minimum Gasteiger partial charge on any atom is -0.231 e. The highest BCUT2D eigenvalue weighted by Crippen LogP contribution is 2.29. The van der Waals surface area contributed by atoms with Crippen LogP contribution in [-0.2, 0) is 14.1 Å². The Morgan fingerprint density at radius 1 is 0.889 bits per heavy atom. The standard InChI is InChI=1S/C12H20N6/c1-15-9-17(7-13-15)11-5-3-4-6-12(11)18-8-14-16(2)10-18/h7-12H,3-6H2,1-2H3/q+2/t11-,12-/m1/s1. The molecule has 6 heteroatoms. The molecule has 1 aliphatic rings. The van der Waals surface area contributed by atoms with E-state index < -0.39 is 0 Å². The summed E-state index contributed by atoms with van der Waals surface area (Å²) in [5.74, 6) is 0. The minimum absolute atomic E-state index is 0.488. The normalized spacial score (nSPS) is 24.3. The van der Waals surface area contributed by atoms with E-state index in [2.05, 4.69) is 32.0 Å². The molecule has 0 amide bonds. The van der Waals surface area contributed by atoms with Gasteiger partial charge in [0.1, 0.15) is 12.1 Å². The molecule has 2 heterocycles. The molecule has 6 nitrogen and oxygen atoms in total. The maximum atomic E-state index is 4.27. The summed E-state index contributed by atoms with van der Waals surface area (Å²) in [5.41, 5.74) is 0. The molecule has 2 atom stereocenters. The summed E-state index contributed by atoms with van der Waals surface area (Å²) < 4.78 is 8.20. The molecule has 1 saturated carbocycles. The summed E-state index contributed by atoms with van der Waals surface area (Å²) in [5, 5.41) is 8.55. The maximum absolute atomic E-state index is 4.27. The van der Waals surface area contributed by atoms with Gasteiger partial charge in [0.15, 0.2) is 0 Å². The fraction of sp³-hybridized carbons (Fsp3) is 0.667. The van der Waals surface area contributed by atoms with Crippen molar-refractivity contribution in [1.82, 2.24) is 19.6 Å². The lowest BCUT2D eigenvalue weighted by Crippen LogP contribution is -2.52. The van der Waals surface area contributed by atoms with Crippen LogP contribution in [0.25, 0.3) is 0 Å². The third-order valence-corrected chi connectivity index (χ3v) is 3.79. The molecule has 2 aromatic rings. The molecule has 0 saturated heterocycles. The third-order valence-electron chi connectivity index (χ3n) is 3.79. The average Bonchev–Trinajstić information content (AvgIpc) is 2.98. The molecule has 0 N–H and O–H groups in total. The molecule has 0 spiro atoms. The van der Waals surface area contributed by atoms with Crippen LogP contribution in [-0.4, -0.2) is 19.6 Å². The van der Waals surface area contributed by atoms with Crippen molar-refractivity contribution < 1.29 is 9.13 Å². The van der Waals surface area contributed by atoms with Crippen LogP contribution in [0.3, 0.4) is 0 Å². The second-order valence-electron chi connectivity index (χ2n) is 5.15. The van der Waals surface area contributed by atoms with Gasteiger partial charge in [0, 0.05) is 10.2 Å². The highest BCUT2D eigenvalue weighted by atomic mass is 15.4. The molecular weight excluding hydrogens is 228 g/mol. The van der Waals surface area contributed by atoms with E-state index in [1.807, 2.05) is 36.1 Å². The lowest BCUT2D eigenvalue weighted by molar-refractivity contribution is -0.820. The molecule has 0 bridgehead atoms. The van der Waals surface area contributed by atoms with Gasteiger partial charge in [-0.1, -0.05) is 0 Å². The molecule has 0 aliphatic heterocycles. The molecule has 2 aromatic heterocycles. The van der Waals surface area contributed by atoms with Gasteiger partial charge in [0.25, 0.3) is 12.7 Å². The Hall–Kier alpha value is -1.72. The SMILES string of the molecule is Cn1c[n+]([C@@H]2CCCC[C@H]2[n+]2cnn(C)c2)cn1. The zero-order valence-corrected chi connectivity index (χ0v) is 11.0. The molecular formula is C12H20N6+2. The quantitative estimate of drug-likeness (QED) is 0.707. The summed E-state index contributed by atoms with van der Waals surface area (Å²) in [6, 6.07) is 0.975. The first-order chi connectivity index (χ1) is 8.74. The Labute approximate surface area is 106 Å². The zero-order valence-electron chi connectivity index (χ0n) is 11.0. The van der Waals surface area contributed by atoms with Crippen LogP contribution in [0.15, 0.2) is 25.3 Å². The Morgan fingerprint density at radius 3 is 1.67 bits per heavy atom. The Kier molecular flexibility index (Phi) is 2.85. The largest absolute Gasteiger partial charge is 0.265 e. The summed E-state index contributed by atoms with van der Waals surface area (Å²) >= 11 is 0. The molecule has 0 radical (unpaired) electrons. The highest BCUT2D eigenvalue weighted by molar-refractivity contribution is 4.68. The summed E-state index contributed by atoms with van der Waals surface area (Å²) in [7, 11) is 3.93. The van der Waals surface area contributed by atoms with Crippen molar-refractivity contribution >= 4 is 0 Å². The summed E-state index contributed by atoms with van der Waals surface area (Å²) in [6.45, 7) is 0. The van der Waals surface area contributed by atoms with E-state index in [9.17, 15) is 0 Å². The van der Waals surface area contributed by atoms with Crippen LogP contribution in [0.1, 0.15) is 37.8 Å². The van der Waals surface area contributed by atoms with Crippen LogP contribution in [0.5, 0.6) is 0 Å². The molecule has 96 valence electrons. The van der Waals surface area contributed by atoms with E-state index in [0.29, 0.717) is 12.1 Å². The van der Waals surface area contributed by atoms with E-state index in [1.165, 1.54) is 25.7 Å². The number of hydrogen-bond donors (Lipinski definition) is 0. The first-order valence-corrected chi connectivity index (χ1v) is 6.53. The van der Waals surface area contributed by atoms with Crippen LogP contribution >= 0.6 is 0 Å². The van der Waals surface area contributed by atoms with Crippen molar-refractivity contribution in [2.45, 2.75) is 37.8 Å². The first-order valence-electron chi connectivity index (χ1n) is 6.53. The topological polar surface area (TPSA) is 43.4 Å². The minimum atomic E-state index is 0.488. The van der Waals surface area contributed by atoms with Gasteiger partial charge < -0.3 is 0 Å². The van der Waals surface area contributed by atoms with Crippen molar-refractivity contribution in [3.8, 4) is 0 Å². The van der Waals surface area contributed by atoms with Gasteiger partial charge in [-0.15, -0.1) is 9.36 Å². The lowest BCUT2D eigenvalue weighted by Gasteiger charge is -2.27. The van der Waals surface area contributed by atoms with Crippen molar-refractivity contribution in [2.75, 3.05) is 0 Å². The van der Waals surface area contributed by atoms with Gasteiger partial charge in [-0.3, -0.25) is 0 Å². The molecule has 0 unspecified atom stereocenters. The number of nitrogens with zero attached hydrogens (tertiary/aromatic N) is 6. The van der Waals surface area contributed by atoms with Crippen LogP contribution in [0, 0.1) is 0 Å². The van der Waals surface area contributed by atoms with E-state index >= 15 is 0 Å². The van der Waals surface area contributed by atoms with Gasteiger partial charge in [-0.2, -0.15) is 0 Å². The molecule has 3 rings (SSSR count). The van der Waals surface area contributed by atoms with Gasteiger partial charge in [0.2, 0.25) is 12.7 Å². The Balaban J connectivity index is 1.90. The van der Waals surface area contributed by atoms with Crippen LogP contribution in [0.2, 0.25) is 0 Å². The molecule has 18 heavy (non-hydrogen) atoms. The van der Waals surface area contributed by atoms with E-state index in [1.54, 1.807) is 0 Å². The Morgan fingerprint density at radius 2 is 1.33 bits per heavy atom. The van der Waals surface area contributed by atoms with Gasteiger partial charge in [-0.05, 0) is 25.7 Å². The molecule has 1 fully saturated rings. The van der Waals surface area contributed by atoms with Gasteiger partial charge >= 0.3 is 0 Å². The Bertz CT molecular complexity index is 480. The zero-order chi connectivity index (χ0) is 12.5. The first kappa shape index (κ1) is 11.4. The van der Waals surface area contributed by atoms with Gasteiger partial charge in [0.05, 0.1) is 14.1 Å². The average molecular weight is 248 g/mol. The predicted molar refractivity (Wildman–Crippen MR) is 63.3 cm³/mol. The smallest absolute Gasteiger partial charge is 0.231 e. The fourth-order valence-corrected chi connectivity index (χ4v) is 2.92. The molecule has 0 aromatic carbocycles. The monoisotopic (exact) mass is 248 g/mol.